The van der Waals surface area contributed by atoms with Crippen molar-refractivity contribution in [1.29, 1.82) is 0 Å². The second-order valence-corrected chi connectivity index (χ2v) is 4.65. The van der Waals surface area contributed by atoms with Gasteiger partial charge in [0.2, 0.25) is 0 Å². The Labute approximate surface area is 103 Å². The van der Waals surface area contributed by atoms with Gasteiger partial charge in [0.05, 0.1) is 30.4 Å². The number of aromatic nitrogens is 1. The average molecular weight is 235 g/mol. The van der Waals surface area contributed by atoms with Crippen molar-refractivity contribution in [2.24, 2.45) is 5.92 Å². The molecule has 1 aliphatic rings. The second kappa shape index (κ2) is 5.87. The summed E-state index contributed by atoms with van der Waals surface area (Å²) in [4.78, 5) is 6.49. The highest BCUT2D eigenvalue weighted by atomic mass is 16.5. The van der Waals surface area contributed by atoms with Gasteiger partial charge in [-0.2, -0.15) is 0 Å². The summed E-state index contributed by atoms with van der Waals surface area (Å²) in [7, 11) is 4.03. The normalized spacial score (nSPS) is 20.0. The molecule has 0 bridgehead atoms. The first-order chi connectivity index (χ1) is 8.29. The predicted molar refractivity (Wildman–Crippen MR) is 70.6 cm³/mol. The molecule has 4 heteroatoms. The molecule has 1 fully saturated rings. The van der Waals surface area contributed by atoms with Crippen LogP contribution in [0.25, 0.3) is 0 Å². The molecule has 0 saturated carbocycles. The molecule has 0 spiro atoms. The summed E-state index contributed by atoms with van der Waals surface area (Å²) in [5.41, 5.74) is 2.21. The quantitative estimate of drug-likeness (QED) is 0.866. The van der Waals surface area contributed by atoms with Crippen LogP contribution in [0.15, 0.2) is 18.5 Å². The molecule has 0 aliphatic carbocycles. The highest BCUT2D eigenvalue weighted by Crippen LogP contribution is 2.20. The molecule has 1 saturated heterocycles. The van der Waals surface area contributed by atoms with Crippen LogP contribution in [0.4, 0.5) is 11.4 Å². The standard InChI is InChI=1S/C13H21N3O/c1-14-12-6-13(8-15-7-12)16(2)9-11-4-3-5-17-10-11/h6-8,11,14H,3-5,9-10H2,1-2H3. The fourth-order valence-electron chi connectivity index (χ4n) is 2.22. The number of pyridine rings is 1. The Morgan fingerprint density at radius 2 is 2.41 bits per heavy atom. The molecule has 1 N–H and O–H groups in total. The topological polar surface area (TPSA) is 37.4 Å². The van der Waals surface area contributed by atoms with Crippen molar-refractivity contribution >= 4 is 11.4 Å². The van der Waals surface area contributed by atoms with Crippen LogP contribution in [0.3, 0.4) is 0 Å². The number of anilines is 2. The molecule has 17 heavy (non-hydrogen) atoms. The number of nitrogens with one attached hydrogen (secondary N) is 1. The van der Waals surface area contributed by atoms with Crippen molar-refractivity contribution in [3.63, 3.8) is 0 Å². The van der Waals surface area contributed by atoms with Crippen LogP contribution < -0.4 is 10.2 Å². The molecule has 0 radical (unpaired) electrons. The molecule has 0 aromatic carbocycles. The SMILES string of the molecule is CNc1cncc(N(C)CC2CCCOC2)c1. The Bertz CT molecular complexity index is 350. The van der Waals surface area contributed by atoms with E-state index in [-0.39, 0.29) is 0 Å². The van der Waals surface area contributed by atoms with Crippen LogP contribution in [0.5, 0.6) is 0 Å². The Morgan fingerprint density at radius 1 is 1.53 bits per heavy atom. The third-order valence-corrected chi connectivity index (χ3v) is 3.24. The zero-order valence-corrected chi connectivity index (χ0v) is 10.6. The number of nitrogens with zero attached hydrogens (tertiary/aromatic N) is 2. The van der Waals surface area contributed by atoms with Gasteiger partial charge < -0.3 is 15.0 Å². The van der Waals surface area contributed by atoms with E-state index in [2.05, 4.69) is 28.3 Å². The Kier molecular flexibility index (Phi) is 4.20. The average Bonchev–Trinajstić information content (AvgIpc) is 2.40. The minimum Gasteiger partial charge on any atom is -0.387 e. The molecule has 1 aromatic heterocycles. The van der Waals surface area contributed by atoms with Crippen molar-refractivity contribution in [2.45, 2.75) is 12.8 Å². The Morgan fingerprint density at radius 3 is 3.12 bits per heavy atom. The third-order valence-electron chi connectivity index (χ3n) is 3.24. The van der Waals surface area contributed by atoms with E-state index in [4.69, 9.17) is 4.74 Å². The van der Waals surface area contributed by atoms with Crippen molar-refractivity contribution in [3.05, 3.63) is 18.5 Å². The van der Waals surface area contributed by atoms with Gasteiger partial charge in [-0.3, -0.25) is 4.98 Å². The molecule has 2 heterocycles. The highest BCUT2D eigenvalue weighted by Gasteiger charge is 2.16. The third kappa shape index (κ3) is 3.33. The zero-order valence-electron chi connectivity index (χ0n) is 10.6. The van der Waals surface area contributed by atoms with E-state index in [1.54, 1.807) is 0 Å². The summed E-state index contributed by atoms with van der Waals surface area (Å²) >= 11 is 0. The minimum atomic E-state index is 0.645. The highest BCUT2D eigenvalue weighted by molar-refractivity contribution is 5.54. The lowest BCUT2D eigenvalue weighted by Crippen LogP contribution is -2.30. The molecule has 2 rings (SSSR count). The van der Waals surface area contributed by atoms with Crippen molar-refractivity contribution in [1.82, 2.24) is 4.98 Å². The van der Waals surface area contributed by atoms with Crippen molar-refractivity contribution in [2.75, 3.05) is 44.1 Å². The molecule has 1 aromatic rings. The van der Waals surface area contributed by atoms with Gasteiger partial charge >= 0.3 is 0 Å². The van der Waals surface area contributed by atoms with Gasteiger partial charge in [-0.1, -0.05) is 0 Å². The minimum absolute atomic E-state index is 0.645. The lowest BCUT2D eigenvalue weighted by Gasteiger charge is -2.28. The van der Waals surface area contributed by atoms with Gasteiger partial charge in [-0.05, 0) is 24.8 Å². The summed E-state index contributed by atoms with van der Waals surface area (Å²) in [5.74, 6) is 0.645. The summed E-state index contributed by atoms with van der Waals surface area (Å²) in [6, 6.07) is 2.12. The van der Waals surface area contributed by atoms with Crippen LogP contribution in [0, 0.1) is 5.92 Å². The number of hydrogen-bond acceptors (Lipinski definition) is 4. The first-order valence-corrected chi connectivity index (χ1v) is 6.21. The van der Waals surface area contributed by atoms with Crippen molar-refractivity contribution < 1.29 is 4.74 Å². The Balaban J connectivity index is 1.95. The van der Waals surface area contributed by atoms with Crippen LogP contribution in [0.2, 0.25) is 0 Å². The maximum absolute atomic E-state index is 5.51. The van der Waals surface area contributed by atoms with Crippen LogP contribution >= 0.6 is 0 Å². The van der Waals surface area contributed by atoms with E-state index in [1.165, 1.54) is 12.8 Å². The number of hydrogen-bond donors (Lipinski definition) is 1. The molecule has 1 unspecified atom stereocenters. The lowest BCUT2D eigenvalue weighted by molar-refractivity contribution is 0.0576. The predicted octanol–water partition coefficient (Wildman–Crippen LogP) is 1.99. The molecule has 94 valence electrons. The molecule has 1 atom stereocenters. The fourth-order valence-corrected chi connectivity index (χ4v) is 2.22. The van der Waals surface area contributed by atoms with E-state index in [1.807, 2.05) is 19.4 Å². The summed E-state index contributed by atoms with van der Waals surface area (Å²) in [5, 5.41) is 3.11. The van der Waals surface area contributed by atoms with Crippen LogP contribution in [-0.2, 0) is 4.74 Å². The molecule has 4 nitrogen and oxygen atoms in total. The number of ether oxygens (including phenoxy) is 1. The first kappa shape index (κ1) is 12.2. The summed E-state index contributed by atoms with van der Waals surface area (Å²) in [6.45, 7) is 2.86. The van der Waals surface area contributed by atoms with E-state index in [0.717, 1.165) is 31.1 Å². The Hall–Kier alpha value is -1.29. The van der Waals surface area contributed by atoms with Crippen LogP contribution in [0.1, 0.15) is 12.8 Å². The lowest BCUT2D eigenvalue weighted by atomic mass is 10.0. The van der Waals surface area contributed by atoms with Gasteiger partial charge in [0.25, 0.3) is 0 Å². The van der Waals surface area contributed by atoms with E-state index < -0.39 is 0 Å². The molecular weight excluding hydrogens is 214 g/mol. The monoisotopic (exact) mass is 235 g/mol. The van der Waals surface area contributed by atoms with Gasteiger partial charge in [-0.25, -0.2) is 0 Å². The number of rotatable bonds is 4. The van der Waals surface area contributed by atoms with E-state index >= 15 is 0 Å². The fraction of sp³-hybridized carbons (Fsp3) is 0.615. The molecule has 0 amide bonds. The molecular formula is C13H21N3O. The van der Waals surface area contributed by atoms with E-state index in [0.29, 0.717) is 5.92 Å². The second-order valence-electron chi connectivity index (χ2n) is 4.65. The van der Waals surface area contributed by atoms with Gasteiger partial charge in [-0.15, -0.1) is 0 Å². The smallest absolute Gasteiger partial charge is 0.0570 e. The largest absolute Gasteiger partial charge is 0.387 e. The van der Waals surface area contributed by atoms with Gasteiger partial charge in [0.15, 0.2) is 0 Å². The maximum atomic E-state index is 5.51. The molecule has 1 aliphatic heterocycles. The summed E-state index contributed by atoms with van der Waals surface area (Å²) < 4.78 is 5.51. The van der Waals surface area contributed by atoms with Gasteiger partial charge in [0, 0.05) is 27.2 Å². The summed E-state index contributed by atoms with van der Waals surface area (Å²) in [6.07, 6.45) is 6.20. The van der Waals surface area contributed by atoms with Crippen LogP contribution in [-0.4, -0.2) is 38.8 Å². The zero-order chi connectivity index (χ0) is 12.1. The first-order valence-electron chi connectivity index (χ1n) is 6.21. The maximum Gasteiger partial charge on any atom is 0.0570 e. The van der Waals surface area contributed by atoms with Gasteiger partial charge in [0.1, 0.15) is 0 Å². The van der Waals surface area contributed by atoms with E-state index in [9.17, 15) is 0 Å². The van der Waals surface area contributed by atoms with Crippen molar-refractivity contribution in [3.8, 4) is 0 Å².